The Kier molecular flexibility index (Phi) is 4.55. The molecule has 0 spiro atoms. The van der Waals surface area contributed by atoms with E-state index >= 15 is 0 Å². The lowest BCUT2D eigenvalue weighted by atomic mass is 10.1. The maximum Gasteiger partial charge on any atom is 0.111 e. The van der Waals surface area contributed by atoms with Crippen molar-refractivity contribution in [3.63, 3.8) is 0 Å². The topological polar surface area (TPSA) is 52.3 Å². The van der Waals surface area contributed by atoms with Crippen molar-refractivity contribution >= 4 is 28.2 Å². The van der Waals surface area contributed by atoms with Gasteiger partial charge >= 0.3 is 0 Å². The van der Waals surface area contributed by atoms with Crippen molar-refractivity contribution in [2.75, 3.05) is 7.11 Å². The molecule has 0 atom stereocenters. The van der Waals surface area contributed by atoms with Crippen molar-refractivity contribution < 1.29 is 4.84 Å². The Labute approximate surface area is 136 Å². The Hall–Kier alpha value is -2.43. The van der Waals surface area contributed by atoms with Crippen LogP contribution >= 0.6 is 0 Å². The van der Waals surface area contributed by atoms with Crippen molar-refractivity contribution in [3.8, 4) is 0 Å². The van der Waals surface area contributed by atoms with Gasteiger partial charge in [-0.05, 0) is 24.8 Å². The van der Waals surface area contributed by atoms with Crippen molar-refractivity contribution in [2.24, 2.45) is 5.16 Å². The van der Waals surface area contributed by atoms with E-state index in [4.69, 9.17) is 9.82 Å². The number of hydrogen-bond donors (Lipinski definition) is 0. The molecular weight excluding hydrogens is 288 g/mol. The van der Waals surface area contributed by atoms with Crippen LogP contribution in [0.5, 0.6) is 0 Å². The van der Waals surface area contributed by atoms with Gasteiger partial charge in [-0.1, -0.05) is 37.2 Å². The summed E-state index contributed by atoms with van der Waals surface area (Å²) >= 11 is 0. The molecule has 1 aromatic carbocycles. The van der Waals surface area contributed by atoms with E-state index in [9.17, 15) is 0 Å². The summed E-state index contributed by atoms with van der Waals surface area (Å²) in [5.41, 5.74) is 4.30. The molecule has 5 heteroatoms. The minimum Gasteiger partial charge on any atom is -0.399 e. The van der Waals surface area contributed by atoms with E-state index in [0.717, 1.165) is 41.5 Å². The molecule has 5 nitrogen and oxygen atoms in total. The second-order valence-corrected chi connectivity index (χ2v) is 5.92. The molecule has 0 bridgehead atoms. The number of hydrogen-bond acceptors (Lipinski definition) is 4. The fraction of sp³-hybridized carbons (Fsp3) is 0.389. The van der Waals surface area contributed by atoms with Crippen molar-refractivity contribution in [1.82, 2.24) is 14.5 Å². The number of rotatable bonds is 6. The quantitative estimate of drug-likeness (QED) is 0.391. The fourth-order valence-electron chi connectivity index (χ4n) is 2.86. The molecule has 0 N–H and O–H groups in total. The van der Waals surface area contributed by atoms with Gasteiger partial charge in [-0.2, -0.15) is 0 Å². The van der Waals surface area contributed by atoms with Crippen LogP contribution in [0.2, 0.25) is 0 Å². The molecule has 3 rings (SSSR count). The van der Waals surface area contributed by atoms with E-state index < -0.39 is 0 Å². The summed E-state index contributed by atoms with van der Waals surface area (Å²) in [6.45, 7) is 5.23. The van der Waals surface area contributed by atoms with Crippen LogP contribution in [-0.2, 0) is 11.4 Å². The number of imidazole rings is 1. The first-order valence-electron chi connectivity index (χ1n) is 8.01. The van der Waals surface area contributed by atoms with Gasteiger partial charge in [0.25, 0.3) is 0 Å². The Balaban J connectivity index is 2.04. The van der Waals surface area contributed by atoms with E-state index in [0.29, 0.717) is 5.92 Å². The average Bonchev–Trinajstić information content (AvgIpc) is 2.98. The fourth-order valence-corrected chi connectivity index (χ4v) is 2.86. The molecule has 2 heterocycles. The summed E-state index contributed by atoms with van der Waals surface area (Å²) in [5, 5.41) is 4.94. The zero-order chi connectivity index (χ0) is 16.2. The number of nitrogens with zero attached hydrogens (tertiary/aromatic N) is 4. The largest absolute Gasteiger partial charge is 0.399 e. The molecular formula is C18H22N4O. The first-order chi connectivity index (χ1) is 11.2. The van der Waals surface area contributed by atoms with E-state index in [1.54, 1.807) is 13.3 Å². The molecule has 0 aliphatic heterocycles. The van der Waals surface area contributed by atoms with Gasteiger partial charge in [0, 0.05) is 18.1 Å². The lowest BCUT2D eigenvalue weighted by molar-refractivity contribution is 0.214. The van der Waals surface area contributed by atoms with Gasteiger partial charge in [0.15, 0.2) is 0 Å². The predicted molar refractivity (Wildman–Crippen MR) is 93.9 cm³/mol. The summed E-state index contributed by atoms with van der Waals surface area (Å²) in [4.78, 5) is 14.2. The Morgan fingerprint density at radius 3 is 2.91 bits per heavy atom. The van der Waals surface area contributed by atoms with Crippen LogP contribution in [0.25, 0.3) is 21.9 Å². The minimum absolute atomic E-state index is 0.347. The van der Waals surface area contributed by atoms with Crippen molar-refractivity contribution in [1.29, 1.82) is 0 Å². The summed E-state index contributed by atoms with van der Waals surface area (Å²) < 4.78 is 2.23. The molecule has 0 fully saturated rings. The summed E-state index contributed by atoms with van der Waals surface area (Å²) in [5.74, 6) is 0.347. The van der Waals surface area contributed by atoms with Crippen molar-refractivity contribution in [2.45, 2.75) is 39.2 Å². The monoisotopic (exact) mass is 310 g/mol. The van der Waals surface area contributed by atoms with Crippen LogP contribution in [0.4, 0.5) is 0 Å². The van der Waals surface area contributed by atoms with Gasteiger partial charge in [-0.3, -0.25) is 4.98 Å². The van der Waals surface area contributed by atoms with Crippen LogP contribution < -0.4 is 0 Å². The highest BCUT2D eigenvalue weighted by Crippen LogP contribution is 2.29. The summed E-state index contributed by atoms with van der Waals surface area (Å²) in [7, 11) is 1.56. The number of unbranched alkanes of at least 4 members (excludes halogenated alkanes) is 1. The van der Waals surface area contributed by atoms with Crippen LogP contribution in [0, 0.1) is 0 Å². The number of benzene rings is 1. The average molecular weight is 310 g/mol. The molecule has 0 unspecified atom stereocenters. The molecule has 0 saturated heterocycles. The number of aromatic nitrogens is 3. The van der Waals surface area contributed by atoms with Gasteiger partial charge in [-0.25, -0.2) is 4.98 Å². The second kappa shape index (κ2) is 6.77. The van der Waals surface area contributed by atoms with Crippen molar-refractivity contribution in [3.05, 3.63) is 36.3 Å². The third-order valence-corrected chi connectivity index (χ3v) is 3.94. The number of oxime groups is 1. The lowest BCUT2D eigenvalue weighted by Gasteiger charge is -2.10. The highest BCUT2D eigenvalue weighted by molar-refractivity contribution is 6.03. The van der Waals surface area contributed by atoms with Crippen LogP contribution in [0.3, 0.4) is 0 Å². The molecule has 23 heavy (non-hydrogen) atoms. The van der Waals surface area contributed by atoms with Gasteiger partial charge in [0.05, 0.1) is 23.1 Å². The third kappa shape index (κ3) is 3.04. The predicted octanol–water partition coefficient (Wildman–Crippen LogP) is 4.12. The third-order valence-electron chi connectivity index (χ3n) is 3.94. The lowest BCUT2D eigenvalue weighted by Crippen LogP contribution is -2.00. The number of aryl methyl sites for hydroxylation is 1. The second-order valence-electron chi connectivity index (χ2n) is 5.92. The Morgan fingerprint density at radius 2 is 2.13 bits per heavy atom. The molecule has 0 aliphatic rings. The van der Waals surface area contributed by atoms with E-state index in [1.807, 2.05) is 12.4 Å². The van der Waals surface area contributed by atoms with Crippen LogP contribution in [0.15, 0.2) is 35.7 Å². The SMILES string of the molecule is CON=CCCCn1cnc2c(C(C)C)nc3ccccc3c21. The van der Waals surface area contributed by atoms with Crippen LogP contribution in [-0.4, -0.2) is 27.9 Å². The number of para-hydroxylation sites is 1. The van der Waals surface area contributed by atoms with Crippen LogP contribution in [0.1, 0.15) is 38.3 Å². The van der Waals surface area contributed by atoms with Gasteiger partial charge in [0.1, 0.15) is 12.6 Å². The summed E-state index contributed by atoms with van der Waals surface area (Å²) in [6.07, 6.45) is 5.61. The maximum absolute atomic E-state index is 4.82. The standard InChI is InChI=1S/C18H22N4O/c1-13(2)16-17-18(14-8-4-5-9-15(14)21-16)22(12-19-17)11-7-6-10-20-23-3/h4-5,8-10,12-13H,6-7,11H2,1-3H3. The maximum atomic E-state index is 4.82. The highest BCUT2D eigenvalue weighted by Gasteiger charge is 2.15. The molecule has 3 aromatic rings. The molecule has 0 saturated carbocycles. The molecule has 0 amide bonds. The number of pyridine rings is 1. The molecule has 0 aliphatic carbocycles. The Morgan fingerprint density at radius 1 is 1.30 bits per heavy atom. The first kappa shape index (κ1) is 15.5. The first-order valence-corrected chi connectivity index (χ1v) is 8.01. The zero-order valence-corrected chi connectivity index (χ0v) is 13.9. The van der Waals surface area contributed by atoms with Gasteiger partial charge < -0.3 is 9.40 Å². The molecule has 120 valence electrons. The Bertz CT molecular complexity index is 836. The van der Waals surface area contributed by atoms with E-state index in [-0.39, 0.29) is 0 Å². The zero-order valence-electron chi connectivity index (χ0n) is 13.9. The van der Waals surface area contributed by atoms with Gasteiger partial charge in [0.2, 0.25) is 0 Å². The van der Waals surface area contributed by atoms with E-state index in [2.05, 4.69) is 46.8 Å². The molecule has 2 aromatic heterocycles. The minimum atomic E-state index is 0.347. The van der Waals surface area contributed by atoms with E-state index in [1.165, 1.54) is 5.52 Å². The summed E-state index contributed by atoms with van der Waals surface area (Å²) in [6, 6.07) is 8.29. The highest BCUT2D eigenvalue weighted by atomic mass is 16.6. The normalized spacial score (nSPS) is 12.0. The van der Waals surface area contributed by atoms with Gasteiger partial charge in [-0.15, -0.1) is 0 Å². The molecule has 0 radical (unpaired) electrons. The smallest absolute Gasteiger partial charge is 0.111 e. The number of fused-ring (bicyclic) bond motifs is 3.